The number of nitrogens with one attached hydrogen (secondary N) is 3. The highest BCUT2D eigenvalue weighted by Crippen LogP contribution is 2.08. The van der Waals surface area contributed by atoms with Crippen molar-refractivity contribution in [2.75, 3.05) is 19.6 Å². The molecule has 0 aliphatic carbocycles. The molecule has 0 aromatic carbocycles. The van der Waals surface area contributed by atoms with Crippen molar-refractivity contribution >= 4 is 11.6 Å². The molecule has 1 heterocycles. The van der Waals surface area contributed by atoms with Crippen LogP contribution in [0.25, 0.3) is 0 Å². The van der Waals surface area contributed by atoms with Crippen LogP contribution in [0.5, 0.6) is 0 Å². The lowest BCUT2D eigenvalue weighted by Crippen LogP contribution is -2.24. The van der Waals surface area contributed by atoms with E-state index in [1.165, 1.54) is 0 Å². The van der Waals surface area contributed by atoms with E-state index in [1.54, 1.807) is 0 Å². The van der Waals surface area contributed by atoms with Gasteiger partial charge in [0.1, 0.15) is 0 Å². The molecule has 0 bridgehead atoms. The highest BCUT2D eigenvalue weighted by atomic mass is 35.5. The summed E-state index contributed by atoms with van der Waals surface area (Å²) in [5.41, 5.74) is 1.14. The van der Waals surface area contributed by atoms with E-state index in [9.17, 15) is 0 Å². The smallest absolute Gasteiger partial charge is 0.0583 e. The van der Waals surface area contributed by atoms with E-state index in [2.05, 4.69) is 29.5 Å². The molecular formula is C12H22ClN3. The molecule has 16 heavy (non-hydrogen) atoms. The zero-order valence-corrected chi connectivity index (χ0v) is 10.9. The van der Waals surface area contributed by atoms with Crippen LogP contribution in [0, 0.1) is 5.92 Å². The van der Waals surface area contributed by atoms with Crippen molar-refractivity contribution in [3.8, 4) is 0 Å². The first-order chi connectivity index (χ1) is 7.68. The standard InChI is InChI=1S/C12H22ClN3/c1-10(2)7-14-4-3-5-15-9-12-6-11(13)8-16-12/h6,8,10,14-16H,3-5,7,9H2,1-2H3. The van der Waals surface area contributed by atoms with Crippen molar-refractivity contribution in [1.29, 1.82) is 0 Å². The Morgan fingerprint density at radius 1 is 1.31 bits per heavy atom. The fraction of sp³-hybridized carbons (Fsp3) is 0.667. The Hall–Kier alpha value is -0.510. The number of aromatic nitrogens is 1. The molecule has 0 saturated heterocycles. The summed E-state index contributed by atoms with van der Waals surface area (Å²) in [5.74, 6) is 0.731. The monoisotopic (exact) mass is 243 g/mol. The molecule has 0 amide bonds. The van der Waals surface area contributed by atoms with Gasteiger partial charge in [0.25, 0.3) is 0 Å². The molecule has 4 heteroatoms. The number of halogens is 1. The van der Waals surface area contributed by atoms with E-state index >= 15 is 0 Å². The molecule has 3 nitrogen and oxygen atoms in total. The Kier molecular flexibility index (Phi) is 6.53. The van der Waals surface area contributed by atoms with Crippen LogP contribution in [0.2, 0.25) is 5.02 Å². The Morgan fingerprint density at radius 2 is 2.06 bits per heavy atom. The number of hydrogen-bond donors (Lipinski definition) is 3. The van der Waals surface area contributed by atoms with Crippen LogP contribution < -0.4 is 10.6 Å². The molecule has 0 atom stereocenters. The van der Waals surface area contributed by atoms with Crippen LogP contribution in [0.15, 0.2) is 12.3 Å². The third kappa shape index (κ3) is 6.16. The SMILES string of the molecule is CC(C)CNCCCNCc1cc(Cl)c[nH]1. The molecular weight excluding hydrogens is 222 g/mol. The van der Waals surface area contributed by atoms with Crippen molar-refractivity contribution in [3.05, 3.63) is 23.0 Å². The molecule has 1 rings (SSSR count). The molecule has 0 spiro atoms. The third-order valence-electron chi connectivity index (χ3n) is 2.28. The van der Waals surface area contributed by atoms with Crippen molar-refractivity contribution in [1.82, 2.24) is 15.6 Å². The van der Waals surface area contributed by atoms with Gasteiger partial charge in [0.05, 0.1) is 5.02 Å². The average molecular weight is 244 g/mol. The Morgan fingerprint density at radius 3 is 2.69 bits per heavy atom. The Labute approximate surface area is 103 Å². The summed E-state index contributed by atoms with van der Waals surface area (Å²) in [6.45, 7) is 8.52. The van der Waals surface area contributed by atoms with Gasteiger partial charge in [-0.1, -0.05) is 25.4 Å². The van der Waals surface area contributed by atoms with E-state index in [1.807, 2.05) is 12.3 Å². The van der Waals surface area contributed by atoms with E-state index in [4.69, 9.17) is 11.6 Å². The van der Waals surface area contributed by atoms with E-state index in [0.717, 1.165) is 49.2 Å². The fourth-order valence-electron chi connectivity index (χ4n) is 1.47. The van der Waals surface area contributed by atoms with Crippen LogP contribution in [-0.2, 0) is 6.54 Å². The average Bonchev–Trinajstić information content (AvgIpc) is 2.62. The first-order valence-electron chi connectivity index (χ1n) is 5.92. The predicted molar refractivity (Wildman–Crippen MR) is 69.8 cm³/mol. The van der Waals surface area contributed by atoms with Gasteiger partial charge in [-0.2, -0.15) is 0 Å². The molecule has 92 valence electrons. The van der Waals surface area contributed by atoms with Gasteiger partial charge in [0.2, 0.25) is 0 Å². The second-order valence-corrected chi connectivity index (χ2v) is 4.91. The van der Waals surface area contributed by atoms with Gasteiger partial charge < -0.3 is 15.6 Å². The summed E-state index contributed by atoms with van der Waals surface area (Å²) in [7, 11) is 0. The Bertz CT molecular complexity index is 284. The van der Waals surface area contributed by atoms with Gasteiger partial charge in [-0.3, -0.25) is 0 Å². The summed E-state index contributed by atoms with van der Waals surface area (Å²) in [6.07, 6.45) is 2.96. The van der Waals surface area contributed by atoms with Gasteiger partial charge >= 0.3 is 0 Å². The quantitative estimate of drug-likeness (QED) is 0.614. The van der Waals surface area contributed by atoms with Crippen molar-refractivity contribution < 1.29 is 0 Å². The lowest BCUT2D eigenvalue weighted by atomic mass is 10.2. The largest absolute Gasteiger partial charge is 0.363 e. The van der Waals surface area contributed by atoms with E-state index in [0.29, 0.717) is 0 Å². The topological polar surface area (TPSA) is 39.8 Å². The minimum absolute atomic E-state index is 0.731. The van der Waals surface area contributed by atoms with Gasteiger partial charge in [0.15, 0.2) is 0 Å². The Balaban J connectivity index is 1.92. The third-order valence-corrected chi connectivity index (χ3v) is 2.50. The fourth-order valence-corrected chi connectivity index (χ4v) is 1.65. The van der Waals surface area contributed by atoms with Gasteiger partial charge in [-0.15, -0.1) is 0 Å². The van der Waals surface area contributed by atoms with Gasteiger partial charge in [0, 0.05) is 18.4 Å². The molecule has 1 aromatic heterocycles. The van der Waals surface area contributed by atoms with Crippen molar-refractivity contribution in [2.24, 2.45) is 5.92 Å². The maximum atomic E-state index is 5.80. The van der Waals surface area contributed by atoms with Crippen LogP contribution in [0.3, 0.4) is 0 Å². The van der Waals surface area contributed by atoms with Crippen LogP contribution in [0.4, 0.5) is 0 Å². The molecule has 0 aliphatic rings. The predicted octanol–water partition coefficient (Wildman–Crippen LogP) is 2.39. The van der Waals surface area contributed by atoms with Gasteiger partial charge in [-0.05, 0) is 38.0 Å². The highest BCUT2D eigenvalue weighted by Gasteiger charge is 1.96. The molecule has 0 unspecified atom stereocenters. The summed E-state index contributed by atoms with van der Waals surface area (Å²) in [4.78, 5) is 3.11. The van der Waals surface area contributed by atoms with Crippen molar-refractivity contribution in [3.63, 3.8) is 0 Å². The maximum Gasteiger partial charge on any atom is 0.0583 e. The van der Waals surface area contributed by atoms with Gasteiger partial charge in [-0.25, -0.2) is 0 Å². The minimum atomic E-state index is 0.731. The maximum absolute atomic E-state index is 5.80. The normalized spacial score (nSPS) is 11.2. The molecule has 1 aromatic rings. The highest BCUT2D eigenvalue weighted by molar-refractivity contribution is 6.30. The van der Waals surface area contributed by atoms with Crippen LogP contribution in [0.1, 0.15) is 26.0 Å². The van der Waals surface area contributed by atoms with Crippen LogP contribution in [-0.4, -0.2) is 24.6 Å². The van der Waals surface area contributed by atoms with Crippen molar-refractivity contribution in [2.45, 2.75) is 26.8 Å². The molecule has 0 saturated carbocycles. The number of aromatic amines is 1. The van der Waals surface area contributed by atoms with E-state index < -0.39 is 0 Å². The summed E-state index contributed by atoms with van der Waals surface area (Å²) >= 11 is 5.80. The number of hydrogen-bond acceptors (Lipinski definition) is 2. The summed E-state index contributed by atoms with van der Waals surface area (Å²) in [6, 6.07) is 1.95. The number of H-pyrrole nitrogens is 1. The zero-order chi connectivity index (χ0) is 11.8. The minimum Gasteiger partial charge on any atom is -0.363 e. The second kappa shape index (κ2) is 7.71. The summed E-state index contributed by atoms with van der Waals surface area (Å²) < 4.78 is 0. The van der Waals surface area contributed by atoms with E-state index in [-0.39, 0.29) is 0 Å². The lowest BCUT2D eigenvalue weighted by molar-refractivity contribution is 0.529. The molecule has 0 fully saturated rings. The van der Waals surface area contributed by atoms with Crippen LogP contribution >= 0.6 is 11.6 Å². The lowest BCUT2D eigenvalue weighted by Gasteiger charge is -2.07. The number of rotatable bonds is 8. The first-order valence-corrected chi connectivity index (χ1v) is 6.30. The summed E-state index contributed by atoms with van der Waals surface area (Å²) in [5, 5.41) is 7.57. The first kappa shape index (κ1) is 13.6. The second-order valence-electron chi connectivity index (χ2n) is 4.47. The zero-order valence-electron chi connectivity index (χ0n) is 10.1. The molecule has 0 aliphatic heterocycles. The molecule has 0 radical (unpaired) electrons. The molecule has 3 N–H and O–H groups in total.